The van der Waals surface area contributed by atoms with E-state index in [1.54, 1.807) is 0 Å². The van der Waals surface area contributed by atoms with E-state index in [0.29, 0.717) is 0 Å². The lowest BCUT2D eigenvalue weighted by Crippen LogP contribution is -2.34. The molecule has 0 bridgehead atoms. The van der Waals surface area contributed by atoms with Crippen LogP contribution in [0.4, 0.5) is 4.79 Å². The van der Waals surface area contributed by atoms with E-state index in [0.717, 1.165) is 0 Å². The van der Waals surface area contributed by atoms with Crippen molar-refractivity contribution in [2.45, 2.75) is 0 Å². The first-order chi connectivity index (χ1) is 4.16. The van der Waals surface area contributed by atoms with Gasteiger partial charge in [0.1, 0.15) is 0 Å². The summed E-state index contributed by atoms with van der Waals surface area (Å²) in [7, 11) is 1.35. The van der Waals surface area contributed by atoms with Gasteiger partial charge >= 0.3 is 6.03 Å². The highest BCUT2D eigenvalue weighted by Crippen LogP contribution is 1.68. The highest BCUT2D eigenvalue weighted by molar-refractivity contribution is 5.81. The Morgan fingerprint density at radius 2 is 2.44 bits per heavy atom. The zero-order chi connectivity index (χ0) is 7.28. The van der Waals surface area contributed by atoms with E-state index in [9.17, 15) is 4.79 Å². The molecule has 5 heteroatoms. The highest BCUT2D eigenvalue weighted by atomic mass is 16.5. The van der Waals surface area contributed by atoms with Crippen molar-refractivity contribution >= 4 is 11.9 Å². The number of hydrogen-bond donors (Lipinski definition) is 3. The maximum atomic E-state index is 9.98. The van der Waals surface area contributed by atoms with Gasteiger partial charge in [-0.3, -0.25) is 5.41 Å². The van der Waals surface area contributed by atoms with Gasteiger partial charge in [-0.25, -0.2) is 4.79 Å². The Morgan fingerprint density at radius 1 is 1.89 bits per heavy atom. The van der Waals surface area contributed by atoms with E-state index in [1.807, 2.05) is 0 Å². The molecular formula is C4H9N3O2. The average Bonchev–Trinajstić information content (AvgIpc) is 1.83. The number of nitrogens with one attached hydrogen (secondary N) is 2. The average molecular weight is 131 g/mol. The maximum absolute atomic E-state index is 9.98. The van der Waals surface area contributed by atoms with Gasteiger partial charge in [-0.2, -0.15) is 0 Å². The lowest BCUT2D eigenvalue weighted by atomic mass is 10.6. The molecule has 0 unspecified atom stereocenters. The fraction of sp³-hybridized carbons (Fsp3) is 0.500. The molecule has 0 radical (unpaired) electrons. The molecule has 5 nitrogen and oxygen atoms in total. The van der Waals surface area contributed by atoms with Crippen LogP contribution in [-0.2, 0) is 4.74 Å². The number of amides is 2. The van der Waals surface area contributed by atoms with Crippen molar-refractivity contribution in [2.75, 3.05) is 13.7 Å². The largest absolute Gasteiger partial charge is 0.483 e. The first kappa shape index (κ1) is 7.74. The standard InChI is InChI=1S/C4H9N3O2/c1-9-3(5)2-7-4(6)8/h5H,2H2,1H3,(H3,6,7,8). The quantitative estimate of drug-likeness (QED) is 0.341. The predicted octanol–water partition coefficient (Wildman–Crippen LogP) is -0.722. The number of carbonyl (C=O) groups excluding carboxylic acids is 1. The number of carbonyl (C=O) groups is 1. The maximum Gasteiger partial charge on any atom is 0.312 e. The van der Waals surface area contributed by atoms with Crippen LogP contribution < -0.4 is 11.1 Å². The molecule has 2 amide bonds. The van der Waals surface area contributed by atoms with Crippen molar-refractivity contribution in [2.24, 2.45) is 5.73 Å². The fourth-order valence-corrected chi connectivity index (χ4v) is 0.240. The van der Waals surface area contributed by atoms with Crippen molar-refractivity contribution in [3.05, 3.63) is 0 Å². The van der Waals surface area contributed by atoms with Gasteiger partial charge in [0.2, 0.25) is 0 Å². The van der Waals surface area contributed by atoms with Crippen LogP contribution >= 0.6 is 0 Å². The Kier molecular flexibility index (Phi) is 3.19. The third kappa shape index (κ3) is 4.60. The van der Waals surface area contributed by atoms with Gasteiger partial charge in [0, 0.05) is 0 Å². The number of primary amides is 1. The van der Waals surface area contributed by atoms with E-state index >= 15 is 0 Å². The van der Waals surface area contributed by atoms with Crippen LogP contribution in [0.15, 0.2) is 0 Å². The molecular weight excluding hydrogens is 122 g/mol. The SMILES string of the molecule is COC(=N)CNC(N)=O. The van der Waals surface area contributed by atoms with E-state index in [4.69, 9.17) is 11.1 Å². The first-order valence-electron chi connectivity index (χ1n) is 2.31. The topological polar surface area (TPSA) is 88.2 Å². The number of hydrogen-bond acceptors (Lipinski definition) is 3. The molecule has 0 rings (SSSR count). The zero-order valence-corrected chi connectivity index (χ0v) is 5.10. The van der Waals surface area contributed by atoms with Crippen LogP contribution in [0.25, 0.3) is 0 Å². The lowest BCUT2D eigenvalue weighted by molar-refractivity contribution is 0.249. The van der Waals surface area contributed by atoms with Gasteiger partial charge in [0.25, 0.3) is 0 Å². The minimum atomic E-state index is -0.656. The van der Waals surface area contributed by atoms with Crippen LogP contribution in [0.2, 0.25) is 0 Å². The van der Waals surface area contributed by atoms with E-state index < -0.39 is 6.03 Å². The van der Waals surface area contributed by atoms with Crippen LogP contribution in [0.3, 0.4) is 0 Å². The van der Waals surface area contributed by atoms with Crippen LogP contribution in [-0.4, -0.2) is 25.6 Å². The zero-order valence-electron chi connectivity index (χ0n) is 5.10. The van der Waals surface area contributed by atoms with Crippen LogP contribution in [0.1, 0.15) is 0 Å². The minimum absolute atomic E-state index is 0.0196. The number of rotatable bonds is 2. The van der Waals surface area contributed by atoms with E-state index in [-0.39, 0.29) is 12.4 Å². The molecule has 9 heavy (non-hydrogen) atoms. The highest BCUT2D eigenvalue weighted by Gasteiger charge is 1.94. The Hall–Kier alpha value is -1.26. The second-order valence-electron chi connectivity index (χ2n) is 1.35. The third-order valence-corrected chi connectivity index (χ3v) is 0.670. The molecule has 0 heterocycles. The summed E-state index contributed by atoms with van der Waals surface area (Å²) in [6.45, 7) is 0.0475. The molecule has 0 aromatic carbocycles. The number of urea groups is 1. The van der Waals surface area contributed by atoms with Gasteiger partial charge in [0.15, 0.2) is 5.90 Å². The summed E-state index contributed by atoms with van der Waals surface area (Å²) in [4.78, 5) is 9.98. The molecule has 0 saturated heterocycles. The molecule has 0 aliphatic heterocycles. The predicted molar refractivity (Wildman–Crippen MR) is 32.3 cm³/mol. The smallest absolute Gasteiger partial charge is 0.312 e. The molecule has 0 aliphatic rings. The van der Waals surface area contributed by atoms with Gasteiger partial charge in [-0.05, 0) is 0 Å². The Morgan fingerprint density at radius 3 is 2.78 bits per heavy atom. The second kappa shape index (κ2) is 3.71. The molecule has 0 aromatic heterocycles. The molecule has 0 spiro atoms. The fourth-order valence-electron chi connectivity index (χ4n) is 0.240. The van der Waals surface area contributed by atoms with Crippen molar-refractivity contribution < 1.29 is 9.53 Å². The Labute approximate surface area is 52.7 Å². The van der Waals surface area contributed by atoms with Crippen molar-refractivity contribution in [3.8, 4) is 0 Å². The molecule has 4 N–H and O–H groups in total. The van der Waals surface area contributed by atoms with Crippen molar-refractivity contribution in [1.82, 2.24) is 5.32 Å². The van der Waals surface area contributed by atoms with Gasteiger partial charge in [-0.1, -0.05) is 0 Å². The summed E-state index contributed by atoms with van der Waals surface area (Å²) in [5, 5.41) is 9.02. The summed E-state index contributed by atoms with van der Waals surface area (Å²) >= 11 is 0. The molecule has 0 atom stereocenters. The van der Waals surface area contributed by atoms with Gasteiger partial charge < -0.3 is 15.8 Å². The van der Waals surface area contributed by atoms with Gasteiger partial charge in [-0.15, -0.1) is 0 Å². The summed E-state index contributed by atoms with van der Waals surface area (Å²) in [5.74, 6) is -0.0196. The second-order valence-corrected chi connectivity index (χ2v) is 1.35. The normalized spacial score (nSPS) is 8.11. The number of methoxy groups -OCH3 is 1. The van der Waals surface area contributed by atoms with Crippen LogP contribution in [0.5, 0.6) is 0 Å². The van der Waals surface area contributed by atoms with Gasteiger partial charge in [0.05, 0.1) is 13.7 Å². The molecule has 0 fully saturated rings. The summed E-state index contributed by atoms with van der Waals surface area (Å²) in [5.41, 5.74) is 4.69. The van der Waals surface area contributed by atoms with Crippen molar-refractivity contribution in [1.29, 1.82) is 5.41 Å². The Bertz CT molecular complexity index is 123. The molecule has 0 aromatic rings. The van der Waals surface area contributed by atoms with Crippen molar-refractivity contribution in [3.63, 3.8) is 0 Å². The monoisotopic (exact) mass is 131 g/mol. The van der Waals surface area contributed by atoms with Crippen LogP contribution in [0, 0.1) is 5.41 Å². The van der Waals surface area contributed by atoms with E-state index in [1.165, 1.54) is 7.11 Å². The molecule has 0 aliphatic carbocycles. The number of nitrogens with two attached hydrogens (primary N) is 1. The molecule has 0 saturated carbocycles. The number of ether oxygens (including phenoxy) is 1. The first-order valence-corrected chi connectivity index (χ1v) is 2.31. The minimum Gasteiger partial charge on any atom is -0.483 e. The Balaban J connectivity index is 3.28. The lowest BCUT2D eigenvalue weighted by Gasteiger charge is -2.00. The molecule has 52 valence electrons. The summed E-state index contributed by atoms with van der Waals surface area (Å²) in [6, 6.07) is -0.656. The summed E-state index contributed by atoms with van der Waals surface area (Å²) < 4.78 is 4.41. The summed E-state index contributed by atoms with van der Waals surface area (Å²) in [6.07, 6.45) is 0. The van der Waals surface area contributed by atoms with E-state index in [2.05, 4.69) is 10.1 Å². The third-order valence-electron chi connectivity index (χ3n) is 0.670.